The van der Waals surface area contributed by atoms with Gasteiger partial charge in [-0.05, 0) is 41.4 Å². The van der Waals surface area contributed by atoms with Crippen molar-refractivity contribution in [3.8, 4) is 11.1 Å². The van der Waals surface area contributed by atoms with E-state index < -0.39 is 28.4 Å². The zero-order chi connectivity index (χ0) is 14.9. The summed E-state index contributed by atoms with van der Waals surface area (Å²) in [5, 5.41) is -0.906. The van der Waals surface area contributed by atoms with Gasteiger partial charge in [0.15, 0.2) is 0 Å². The van der Waals surface area contributed by atoms with Gasteiger partial charge in [-0.3, -0.25) is 4.79 Å². The highest BCUT2D eigenvalue weighted by Crippen LogP contribution is 2.38. The van der Waals surface area contributed by atoms with Crippen LogP contribution in [0.3, 0.4) is 0 Å². The highest BCUT2D eigenvalue weighted by molar-refractivity contribution is 6.67. The van der Waals surface area contributed by atoms with E-state index in [0.717, 1.165) is 24.3 Å². The van der Waals surface area contributed by atoms with Gasteiger partial charge in [0.1, 0.15) is 5.82 Å². The van der Waals surface area contributed by atoms with Crippen LogP contribution in [0.4, 0.5) is 17.6 Å². The summed E-state index contributed by atoms with van der Waals surface area (Å²) in [6.45, 7) is 0. The Labute approximate surface area is 116 Å². The summed E-state index contributed by atoms with van der Waals surface area (Å²) in [5.41, 5.74) is -1.80. The Morgan fingerprint density at radius 2 is 1.65 bits per heavy atom. The molecule has 2 aromatic carbocycles. The van der Waals surface area contributed by atoms with Gasteiger partial charge in [0.25, 0.3) is 5.24 Å². The fraction of sp³-hybridized carbons (Fsp3) is 0.0714. The van der Waals surface area contributed by atoms with Crippen molar-refractivity contribution in [2.75, 3.05) is 0 Å². The molecule has 2 rings (SSSR count). The molecular formula is C14H7ClF4O. The molecule has 0 bridgehead atoms. The molecule has 0 saturated carbocycles. The van der Waals surface area contributed by atoms with Crippen LogP contribution in [0.2, 0.25) is 0 Å². The third kappa shape index (κ3) is 2.82. The van der Waals surface area contributed by atoms with Crippen LogP contribution in [0.1, 0.15) is 15.9 Å². The van der Waals surface area contributed by atoms with Crippen molar-refractivity contribution < 1.29 is 22.4 Å². The normalized spacial score (nSPS) is 11.4. The van der Waals surface area contributed by atoms with E-state index in [1.54, 1.807) is 0 Å². The zero-order valence-electron chi connectivity index (χ0n) is 9.84. The molecule has 0 aliphatic rings. The van der Waals surface area contributed by atoms with E-state index >= 15 is 0 Å². The standard InChI is InChI=1S/C14H7ClF4O/c15-13(20)8-5-6-11(14(17,18)19)10(7-8)9-3-1-2-4-12(9)16/h1-7H. The van der Waals surface area contributed by atoms with Crippen molar-refractivity contribution in [3.63, 3.8) is 0 Å². The summed E-state index contributed by atoms with van der Waals surface area (Å²) < 4.78 is 52.6. The Kier molecular flexibility index (Phi) is 3.81. The maximum atomic E-state index is 13.7. The summed E-state index contributed by atoms with van der Waals surface area (Å²) in [6.07, 6.45) is -4.66. The first kappa shape index (κ1) is 14.5. The summed E-state index contributed by atoms with van der Waals surface area (Å²) in [7, 11) is 0. The average Bonchev–Trinajstić information content (AvgIpc) is 2.37. The fourth-order valence-electron chi connectivity index (χ4n) is 1.82. The number of carbonyl (C=O) groups is 1. The summed E-state index contributed by atoms with van der Waals surface area (Å²) >= 11 is 5.26. The van der Waals surface area contributed by atoms with Crippen LogP contribution in [0.25, 0.3) is 11.1 Å². The van der Waals surface area contributed by atoms with Crippen LogP contribution in [-0.2, 0) is 6.18 Å². The molecule has 0 aliphatic heterocycles. The van der Waals surface area contributed by atoms with E-state index in [4.69, 9.17) is 11.6 Å². The Morgan fingerprint density at radius 3 is 2.20 bits per heavy atom. The smallest absolute Gasteiger partial charge is 0.276 e. The van der Waals surface area contributed by atoms with Crippen LogP contribution in [-0.4, -0.2) is 5.24 Å². The zero-order valence-corrected chi connectivity index (χ0v) is 10.6. The Balaban J connectivity index is 2.74. The van der Waals surface area contributed by atoms with Crippen molar-refractivity contribution >= 4 is 16.8 Å². The first-order chi connectivity index (χ1) is 9.30. The van der Waals surface area contributed by atoms with Gasteiger partial charge in [0, 0.05) is 11.1 Å². The molecule has 0 aromatic heterocycles. The van der Waals surface area contributed by atoms with Crippen LogP contribution in [0, 0.1) is 5.82 Å². The molecular weight excluding hydrogens is 296 g/mol. The summed E-state index contributed by atoms with van der Waals surface area (Å²) in [5.74, 6) is -0.808. The fourth-order valence-corrected chi connectivity index (χ4v) is 1.93. The molecule has 0 radical (unpaired) electrons. The van der Waals surface area contributed by atoms with Crippen molar-refractivity contribution in [1.29, 1.82) is 0 Å². The Bertz CT molecular complexity index is 664. The number of hydrogen-bond acceptors (Lipinski definition) is 1. The van der Waals surface area contributed by atoms with Gasteiger partial charge >= 0.3 is 6.18 Å². The minimum Gasteiger partial charge on any atom is -0.276 e. The highest BCUT2D eigenvalue weighted by atomic mass is 35.5. The van der Waals surface area contributed by atoms with Crippen molar-refractivity contribution in [2.45, 2.75) is 6.18 Å². The number of alkyl halides is 3. The van der Waals surface area contributed by atoms with Gasteiger partial charge in [-0.1, -0.05) is 18.2 Å². The number of hydrogen-bond donors (Lipinski definition) is 0. The van der Waals surface area contributed by atoms with Crippen LogP contribution < -0.4 is 0 Å². The minimum atomic E-state index is -4.66. The van der Waals surface area contributed by atoms with Gasteiger partial charge in [0.2, 0.25) is 0 Å². The third-order valence-electron chi connectivity index (χ3n) is 2.72. The molecule has 0 heterocycles. The highest BCUT2D eigenvalue weighted by Gasteiger charge is 2.34. The molecule has 0 fully saturated rings. The molecule has 2 aromatic rings. The van der Waals surface area contributed by atoms with Gasteiger partial charge in [-0.2, -0.15) is 13.2 Å². The Hall–Kier alpha value is -1.88. The predicted octanol–water partition coefficient (Wildman–Crippen LogP) is 4.89. The summed E-state index contributed by atoms with van der Waals surface area (Å²) in [6, 6.07) is 7.65. The molecule has 6 heteroatoms. The van der Waals surface area contributed by atoms with E-state index in [2.05, 4.69) is 0 Å². The maximum Gasteiger partial charge on any atom is 0.417 e. The van der Waals surface area contributed by atoms with Crippen molar-refractivity contribution in [2.24, 2.45) is 0 Å². The lowest BCUT2D eigenvalue weighted by Crippen LogP contribution is -2.08. The van der Waals surface area contributed by atoms with E-state index in [9.17, 15) is 22.4 Å². The first-order valence-corrected chi connectivity index (χ1v) is 5.84. The number of carbonyl (C=O) groups excluding carboxylic acids is 1. The summed E-state index contributed by atoms with van der Waals surface area (Å²) in [4.78, 5) is 11.1. The van der Waals surface area contributed by atoms with Gasteiger partial charge in [-0.25, -0.2) is 4.39 Å². The molecule has 0 aliphatic carbocycles. The number of halogens is 5. The quantitative estimate of drug-likeness (QED) is 0.570. The minimum absolute atomic E-state index is 0.127. The van der Waals surface area contributed by atoms with Gasteiger partial charge < -0.3 is 0 Å². The lowest BCUT2D eigenvalue weighted by atomic mass is 9.96. The molecule has 104 valence electrons. The number of rotatable bonds is 2. The van der Waals surface area contributed by atoms with Crippen LogP contribution in [0.15, 0.2) is 42.5 Å². The molecule has 0 saturated heterocycles. The van der Waals surface area contributed by atoms with Crippen LogP contribution >= 0.6 is 11.6 Å². The van der Waals surface area contributed by atoms with Gasteiger partial charge in [-0.15, -0.1) is 0 Å². The lowest BCUT2D eigenvalue weighted by molar-refractivity contribution is -0.137. The Morgan fingerprint density at radius 1 is 1.00 bits per heavy atom. The molecule has 0 amide bonds. The monoisotopic (exact) mass is 302 g/mol. The van der Waals surface area contributed by atoms with Crippen molar-refractivity contribution in [1.82, 2.24) is 0 Å². The second-order valence-corrected chi connectivity index (χ2v) is 4.35. The second kappa shape index (κ2) is 5.25. The molecule has 0 atom stereocenters. The first-order valence-electron chi connectivity index (χ1n) is 5.46. The second-order valence-electron chi connectivity index (χ2n) is 4.01. The van der Waals surface area contributed by atoms with Crippen molar-refractivity contribution in [3.05, 3.63) is 59.4 Å². The van der Waals surface area contributed by atoms with E-state index in [-0.39, 0.29) is 11.1 Å². The lowest BCUT2D eigenvalue weighted by Gasteiger charge is -2.14. The van der Waals surface area contributed by atoms with E-state index in [1.807, 2.05) is 0 Å². The maximum absolute atomic E-state index is 13.7. The molecule has 1 nitrogen and oxygen atoms in total. The number of benzene rings is 2. The SMILES string of the molecule is O=C(Cl)c1ccc(C(F)(F)F)c(-c2ccccc2F)c1. The van der Waals surface area contributed by atoms with Crippen LogP contribution in [0.5, 0.6) is 0 Å². The van der Waals surface area contributed by atoms with E-state index in [0.29, 0.717) is 0 Å². The third-order valence-corrected chi connectivity index (χ3v) is 2.93. The predicted molar refractivity (Wildman–Crippen MR) is 67.0 cm³/mol. The largest absolute Gasteiger partial charge is 0.417 e. The molecule has 20 heavy (non-hydrogen) atoms. The topological polar surface area (TPSA) is 17.1 Å². The molecule has 0 unspecified atom stereocenters. The van der Waals surface area contributed by atoms with E-state index in [1.165, 1.54) is 18.2 Å². The average molecular weight is 303 g/mol. The van der Waals surface area contributed by atoms with Gasteiger partial charge in [0.05, 0.1) is 5.56 Å². The molecule has 0 spiro atoms. The molecule has 0 N–H and O–H groups in total.